The van der Waals surface area contributed by atoms with Crippen molar-refractivity contribution in [1.82, 2.24) is 0 Å². The van der Waals surface area contributed by atoms with Crippen LogP contribution in [0.3, 0.4) is 0 Å². The van der Waals surface area contributed by atoms with Gasteiger partial charge in [0.05, 0.1) is 0 Å². The fourth-order valence-electron chi connectivity index (χ4n) is 8.26. The monoisotopic (exact) mass is 786 g/mol. The third-order valence-electron chi connectivity index (χ3n) is 10.3. The molecule has 0 saturated carbocycles. The van der Waals surface area contributed by atoms with Gasteiger partial charge in [-0.2, -0.15) is 0 Å². The zero-order chi connectivity index (χ0) is 36.2. The first-order valence-corrected chi connectivity index (χ1v) is 20.7. The van der Waals surface area contributed by atoms with E-state index < -0.39 is 25.9 Å². The van der Waals surface area contributed by atoms with E-state index in [1.54, 1.807) is 12.1 Å². The zero-order valence-electron chi connectivity index (χ0n) is 27.8. The minimum atomic E-state index is -10.1. The summed E-state index contributed by atoms with van der Waals surface area (Å²) < 4.78 is 76.0. The Balaban J connectivity index is 1.20. The van der Waals surface area contributed by atoms with Crippen molar-refractivity contribution in [2.45, 2.75) is 4.90 Å². The normalized spacial score (nSPS) is 13.7. The van der Waals surface area contributed by atoms with E-state index in [0.29, 0.717) is 11.1 Å². The molecule has 0 atom stereocenters. The molecule has 0 saturated heterocycles. The van der Waals surface area contributed by atoms with Crippen molar-refractivity contribution in [3.05, 3.63) is 164 Å². The van der Waals surface area contributed by atoms with Crippen molar-refractivity contribution in [1.29, 1.82) is 0 Å². The van der Waals surface area contributed by atoms with Crippen LogP contribution < -0.4 is 0 Å². The molecule has 0 amide bonds. The number of hydrogen-bond acceptors (Lipinski definition) is 0. The van der Waals surface area contributed by atoms with Crippen molar-refractivity contribution >= 4 is 87.1 Å². The van der Waals surface area contributed by atoms with Gasteiger partial charge in [0.1, 0.15) is 0 Å². The van der Waals surface area contributed by atoms with Crippen LogP contribution in [0.5, 0.6) is 0 Å². The minimum absolute atomic E-state index is 0.0228. The summed E-state index contributed by atoms with van der Waals surface area (Å²) in [7, 11) is -10.1. The molecule has 0 nitrogen and oxygen atoms in total. The van der Waals surface area contributed by atoms with Crippen LogP contribution in [-0.2, 0) is 0 Å². The van der Waals surface area contributed by atoms with Crippen molar-refractivity contribution in [2.75, 3.05) is 0 Å². The second-order valence-electron chi connectivity index (χ2n) is 13.5. The third-order valence-corrected chi connectivity index (χ3v) is 13.9. The fourth-order valence-corrected chi connectivity index (χ4v) is 11.8. The Labute approximate surface area is 307 Å². The summed E-state index contributed by atoms with van der Waals surface area (Å²) in [4.78, 5) is -1.82. The summed E-state index contributed by atoms with van der Waals surface area (Å²) in [5, 5.41) is 6.11. The van der Waals surface area contributed by atoms with E-state index in [4.69, 9.17) is 0 Å². The van der Waals surface area contributed by atoms with Crippen LogP contribution in [0.2, 0.25) is 0 Å². The number of hydrogen-bond donors (Lipinski definition) is 0. The predicted molar refractivity (Wildman–Crippen MR) is 216 cm³/mol. The van der Waals surface area contributed by atoms with Gasteiger partial charge in [-0.05, 0) is 0 Å². The maximum atomic E-state index is 14.7. The summed E-state index contributed by atoms with van der Waals surface area (Å²) >= 11 is -0.0228. The standard InChI is InChI=1S/C46H27F5SSe/c47-52(48,49,50,51)46-38-20-10-8-18-36(38)44(37-19-9-11-21-39(37)46)29-23-25-41-40(26-29)31-24-22-30(27-42(31)53-41)45-34-16-6-4-14-32(34)43(28-12-2-1-3-13-28)33-15-5-7-17-35(33)45/h1-27H. The Morgan fingerprint density at radius 1 is 0.302 bits per heavy atom. The van der Waals surface area contributed by atoms with Gasteiger partial charge >= 0.3 is 309 Å². The maximum absolute atomic E-state index is 14.7. The summed E-state index contributed by atoms with van der Waals surface area (Å²) in [5.41, 5.74) is 5.87. The predicted octanol–water partition coefficient (Wildman–Crippen LogP) is 15.3. The molecule has 0 spiro atoms. The Morgan fingerprint density at radius 2 is 0.698 bits per heavy atom. The van der Waals surface area contributed by atoms with Crippen LogP contribution in [0, 0.1) is 0 Å². The third kappa shape index (κ3) is 5.10. The van der Waals surface area contributed by atoms with Crippen molar-refractivity contribution in [2.24, 2.45) is 0 Å². The van der Waals surface area contributed by atoms with Crippen LogP contribution in [0.15, 0.2) is 169 Å². The van der Waals surface area contributed by atoms with Gasteiger partial charge in [-0.1, -0.05) is 0 Å². The van der Waals surface area contributed by atoms with E-state index in [9.17, 15) is 19.4 Å². The van der Waals surface area contributed by atoms with Gasteiger partial charge < -0.3 is 0 Å². The second kappa shape index (κ2) is 10.8. The van der Waals surface area contributed by atoms with E-state index in [2.05, 4.69) is 91.0 Å². The molecule has 0 unspecified atom stereocenters. The molecule has 1 aromatic heterocycles. The molecule has 0 N–H and O–H groups in total. The van der Waals surface area contributed by atoms with Gasteiger partial charge in [-0.25, -0.2) is 0 Å². The van der Waals surface area contributed by atoms with Gasteiger partial charge in [0, 0.05) is 0 Å². The van der Waals surface area contributed by atoms with Gasteiger partial charge in [0.25, 0.3) is 0 Å². The van der Waals surface area contributed by atoms with Crippen molar-refractivity contribution in [3.8, 4) is 33.4 Å². The first-order chi connectivity index (χ1) is 25.4. The van der Waals surface area contributed by atoms with Crippen LogP contribution in [0.1, 0.15) is 0 Å². The molecule has 1 heterocycles. The molecule has 0 fully saturated rings. The van der Waals surface area contributed by atoms with Gasteiger partial charge in [0.2, 0.25) is 0 Å². The van der Waals surface area contributed by atoms with Crippen LogP contribution in [-0.4, -0.2) is 14.5 Å². The van der Waals surface area contributed by atoms with Crippen molar-refractivity contribution in [3.63, 3.8) is 0 Å². The summed E-state index contributed by atoms with van der Waals surface area (Å²) in [5.74, 6) is 0. The molecule has 258 valence electrons. The van der Waals surface area contributed by atoms with Crippen LogP contribution in [0.25, 0.3) is 95.8 Å². The van der Waals surface area contributed by atoms with E-state index in [-0.39, 0.29) is 25.3 Å². The first kappa shape index (κ1) is 32.2. The first-order valence-electron chi connectivity index (χ1n) is 17.1. The second-order valence-corrected chi connectivity index (χ2v) is 18.1. The number of benzene rings is 9. The molecule has 0 bridgehead atoms. The Hall–Kier alpha value is -5.46. The molecule has 10 aromatic rings. The summed E-state index contributed by atoms with van der Waals surface area (Å²) in [6.07, 6.45) is 0. The topological polar surface area (TPSA) is 0 Å². The Bertz CT molecular complexity index is 3040. The van der Waals surface area contributed by atoms with Crippen LogP contribution >= 0.6 is 10.2 Å². The van der Waals surface area contributed by atoms with E-state index >= 15 is 0 Å². The van der Waals surface area contributed by atoms with Crippen LogP contribution in [0.4, 0.5) is 19.4 Å². The average Bonchev–Trinajstić information content (AvgIpc) is 3.52. The van der Waals surface area contributed by atoms with Gasteiger partial charge in [-0.15, -0.1) is 0 Å². The van der Waals surface area contributed by atoms with E-state index in [1.165, 1.54) is 71.0 Å². The Morgan fingerprint density at radius 3 is 1.19 bits per heavy atom. The Kier molecular flexibility index (Phi) is 6.56. The molecule has 53 heavy (non-hydrogen) atoms. The number of halogens is 5. The number of fused-ring (bicyclic) bond motifs is 7. The fraction of sp³-hybridized carbons (Fsp3) is 0. The molecular weight excluding hydrogens is 759 g/mol. The molecule has 0 aliphatic heterocycles. The van der Waals surface area contributed by atoms with Gasteiger partial charge in [-0.3, -0.25) is 0 Å². The molecule has 10 rings (SSSR count). The molecule has 0 aliphatic rings. The molecular formula is C46H27F5SSe. The van der Waals surface area contributed by atoms with E-state index in [1.807, 2.05) is 24.3 Å². The number of rotatable bonds is 4. The van der Waals surface area contributed by atoms with E-state index in [0.717, 1.165) is 28.5 Å². The summed E-state index contributed by atoms with van der Waals surface area (Å²) in [6.45, 7) is 0. The molecule has 0 radical (unpaired) electrons. The van der Waals surface area contributed by atoms with Crippen molar-refractivity contribution < 1.29 is 19.4 Å². The quantitative estimate of drug-likeness (QED) is 0.0947. The average molecular weight is 786 g/mol. The SMILES string of the molecule is FS(F)(F)(F)(F)c1c2ccccc2c(-c2ccc3[se]c4cc(-c5c6ccccc6c(-c6ccccc6)c6ccccc56)ccc4c3c2)c2ccccc12. The molecule has 7 heteroatoms. The summed E-state index contributed by atoms with van der Waals surface area (Å²) in [6, 6.07) is 51.5. The zero-order valence-corrected chi connectivity index (χ0v) is 30.3. The molecule has 9 aromatic carbocycles. The molecule has 0 aliphatic carbocycles. The van der Waals surface area contributed by atoms with Gasteiger partial charge in [0.15, 0.2) is 0 Å².